The van der Waals surface area contributed by atoms with Crippen LogP contribution >= 0.6 is 0 Å². The van der Waals surface area contributed by atoms with Crippen LogP contribution in [0, 0.1) is 5.92 Å². The summed E-state index contributed by atoms with van der Waals surface area (Å²) >= 11 is 0. The van der Waals surface area contributed by atoms with Gasteiger partial charge in [0.15, 0.2) is 0 Å². The zero-order valence-corrected chi connectivity index (χ0v) is 11.7. The minimum Gasteiger partial charge on any atom is -0.356 e. The number of hydrogen-bond donors (Lipinski definition) is 2. The zero-order valence-electron chi connectivity index (χ0n) is 11.7. The van der Waals surface area contributed by atoms with Crippen LogP contribution < -0.4 is 10.6 Å². The summed E-state index contributed by atoms with van der Waals surface area (Å²) in [6.45, 7) is 2.29. The predicted octanol–water partition coefficient (Wildman–Crippen LogP) is 2.36. The summed E-state index contributed by atoms with van der Waals surface area (Å²) < 4.78 is 37.2. The molecule has 0 spiro atoms. The van der Waals surface area contributed by atoms with Crippen molar-refractivity contribution in [3.05, 3.63) is 35.4 Å². The molecule has 1 atom stereocenters. The molecular weight excluding hydrogens is 281 g/mol. The summed E-state index contributed by atoms with van der Waals surface area (Å²) in [4.78, 5) is 11.7. The first-order valence-electron chi connectivity index (χ1n) is 7.08. The minimum atomic E-state index is -4.30. The van der Waals surface area contributed by atoms with Crippen molar-refractivity contribution in [2.24, 2.45) is 5.92 Å². The molecule has 0 aromatic heterocycles. The number of carbonyl (C=O) groups excluding carboxylic acids is 1. The zero-order chi connectivity index (χ0) is 15.3. The molecule has 1 aromatic rings. The Kier molecular flexibility index (Phi) is 5.22. The summed E-state index contributed by atoms with van der Waals surface area (Å²) in [5, 5.41) is 6.02. The van der Waals surface area contributed by atoms with Crippen LogP contribution in [-0.4, -0.2) is 25.5 Å². The highest BCUT2D eigenvalue weighted by molar-refractivity contribution is 5.76. The Morgan fingerprint density at radius 1 is 1.29 bits per heavy atom. The Balaban J connectivity index is 1.71. The van der Waals surface area contributed by atoms with E-state index >= 15 is 0 Å². The van der Waals surface area contributed by atoms with Gasteiger partial charge < -0.3 is 10.6 Å². The van der Waals surface area contributed by atoms with Gasteiger partial charge in [-0.1, -0.05) is 12.1 Å². The minimum absolute atomic E-state index is 0.00983. The molecule has 0 saturated carbocycles. The Morgan fingerprint density at radius 2 is 2.00 bits per heavy atom. The van der Waals surface area contributed by atoms with Crippen molar-refractivity contribution in [1.82, 2.24) is 10.6 Å². The van der Waals surface area contributed by atoms with Gasteiger partial charge in [-0.05, 0) is 49.5 Å². The van der Waals surface area contributed by atoms with Gasteiger partial charge in [0, 0.05) is 13.0 Å². The quantitative estimate of drug-likeness (QED) is 0.876. The summed E-state index contributed by atoms with van der Waals surface area (Å²) in [5.41, 5.74) is 0.134. The van der Waals surface area contributed by atoms with Gasteiger partial charge in [0.05, 0.1) is 5.56 Å². The molecule has 1 amide bonds. The van der Waals surface area contributed by atoms with E-state index in [4.69, 9.17) is 0 Å². The summed E-state index contributed by atoms with van der Waals surface area (Å²) in [5.74, 6) is 0.409. The van der Waals surface area contributed by atoms with E-state index in [1.54, 1.807) is 0 Å². The van der Waals surface area contributed by atoms with Gasteiger partial charge >= 0.3 is 6.18 Å². The standard InChI is InChI=1S/C15H19F3N2O/c16-15(17,18)13-3-1-11(2-4-13)6-8-20-14(21)9-12-5-7-19-10-12/h1-4,12,19H,5-10H2,(H,20,21). The Labute approximate surface area is 121 Å². The molecular formula is C15H19F3N2O. The van der Waals surface area contributed by atoms with E-state index in [0.717, 1.165) is 37.2 Å². The molecule has 0 bridgehead atoms. The van der Waals surface area contributed by atoms with E-state index in [9.17, 15) is 18.0 Å². The Morgan fingerprint density at radius 3 is 2.57 bits per heavy atom. The Hall–Kier alpha value is -1.56. The summed E-state index contributed by atoms with van der Waals surface area (Å²) in [6.07, 6.45) is -2.23. The molecule has 1 aromatic carbocycles. The smallest absolute Gasteiger partial charge is 0.356 e. The maximum atomic E-state index is 12.4. The number of benzene rings is 1. The van der Waals surface area contributed by atoms with Crippen LogP contribution in [0.2, 0.25) is 0 Å². The number of carbonyl (C=O) groups is 1. The monoisotopic (exact) mass is 300 g/mol. The molecule has 2 N–H and O–H groups in total. The number of rotatable bonds is 5. The molecule has 1 fully saturated rings. The van der Waals surface area contributed by atoms with Crippen LogP contribution in [0.25, 0.3) is 0 Å². The Bertz CT molecular complexity index is 465. The SMILES string of the molecule is O=C(CC1CCNC1)NCCc1ccc(C(F)(F)F)cc1. The number of amides is 1. The van der Waals surface area contributed by atoms with Crippen LogP contribution in [0.4, 0.5) is 13.2 Å². The van der Waals surface area contributed by atoms with Crippen LogP contribution in [0.1, 0.15) is 24.0 Å². The third-order valence-corrected chi connectivity index (χ3v) is 3.65. The van der Waals surface area contributed by atoms with Gasteiger partial charge in [0.2, 0.25) is 5.91 Å². The highest BCUT2D eigenvalue weighted by atomic mass is 19.4. The van der Waals surface area contributed by atoms with E-state index in [-0.39, 0.29) is 5.91 Å². The van der Waals surface area contributed by atoms with Crippen molar-refractivity contribution >= 4 is 5.91 Å². The molecule has 1 aliphatic heterocycles. The molecule has 1 heterocycles. The molecule has 1 aliphatic rings. The number of alkyl halides is 3. The average molecular weight is 300 g/mol. The fraction of sp³-hybridized carbons (Fsp3) is 0.533. The average Bonchev–Trinajstić information content (AvgIpc) is 2.91. The van der Waals surface area contributed by atoms with E-state index in [1.807, 2.05) is 0 Å². The lowest BCUT2D eigenvalue weighted by Gasteiger charge is -2.10. The van der Waals surface area contributed by atoms with Gasteiger partial charge in [-0.2, -0.15) is 13.2 Å². The molecule has 3 nitrogen and oxygen atoms in total. The lowest BCUT2D eigenvalue weighted by molar-refractivity contribution is -0.137. The summed E-state index contributed by atoms with van der Waals surface area (Å²) in [7, 11) is 0. The van der Waals surface area contributed by atoms with Crippen LogP contribution in [0.15, 0.2) is 24.3 Å². The fourth-order valence-electron chi connectivity index (χ4n) is 2.43. The van der Waals surface area contributed by atoms with Gasteiger partial charge in [-0.3, -0.25) is 4.79 Å². The van der Waals surface area contributed by atoms with Crippen molar-refractivity contribution in [3.63, 3.8) is 0 Å². The molecule has 116 valence electrons. The van der Waals surface area contributed by atoms with Crippen LogP contribution in [0.5, 0.6) is 0 Å². The van der Waals surface area contributed by atoms with Crippen molar-refractivity contribution < 1.29 is 18.0 Å². The van der Waals surface area contributed by atoms with Crippen LogP contribution in [-0.2, 0) is 17.4 Å². The number of nitrogens with one attached hydrogen (secondary N) is 2. The van der Waals surface area contributed by atoms with E-state index in [2.05, 4.69) is 10.6 Å². The van der Waals surface area contributed by atoms with Crippen molar-refractivity contribution in [2.75, 3.05) is 19.6 Å². The van der Waals surface area contributed by atoms with Crippen molar-refractivity contribution in [1.29, 1.82) is 0 Å². The first-order chi connectivity index (χ1) is 9.95. The highest BCUT2D eigenvalue weighted by Crippen LogP contribution is 2.29. The third kappa shape index (κ3) is 5.04. The normalized spacial score (nSPS) is 18.7. The number of halogens is 3. The maximum absolute atomic E-state index is 12.4. The van der Waals surface area contributed by atoms with E-state index < -0.39 is 11.7 Å². The second kappa shape index (κ2) is 6.93. The largest absolute Gasteiger partial charge is 0.416 e. The first-order valence-corrected chi connectivity index (χ1v) is 7.08. The van der Waals surface area contributed by atoms with E-state index in [1.165, 1.54) is 12.1 Å². The van der Waals surface area contributed by atoms with Gasteiger partial charge in [0.25, 0.3) is 0 Å². The molecule has 2 rings (SSSR count). The molecule has 21 heavy (non-hydrogen) atoms. The molecule has 1 saturated heterocycles. The summed E-state index contributed by atoms with van der Waals surface area (Å²) in [6, 6.07) is 5.05. The van der Waals surface area contributed by atoms with Gasteiger partial charge in [0.1, 0.15) is 0 Å². The molecule has 1 unspecified atom stereocenters. The molecule has 0 radical (unpaired) electrons. The lowest BCUT2D eigenvalue weighted by Crippen LogP contribution is -2.28. The van der Waals surface area contributed by atoms with E-state index in [0.29, 0.717) is 25.3 Å². The van der Waals surface area contributed by atoms with Crippen molar-refractivity contribution in [2.45, 2.75) is 25.4 Å². The fourth-order valence-corrected chi connectivity index (χ4v) is 2.43. The number of hydrogen-bond acceptors (Lipinski definition) is 2. The molecule has 6 heteroatoms. The van der Waals surface area contributed by atoms with Gasteiger partial charge in [-0.25, -0.2) is 0 Å². The molecule has 0 aliphatic carbocycles. The highest BCUT2D eigenvalue weighted by Gasteiger charge is 2.29. The lowest BCUT2D eigenvalue weighted by atomic mass is 10.0. The predicted molar refractivity (Wildman–Crippen MR) is 73.8 cm³/mol. The first kappa shape index (κ1) is 15.8. The van der Waals surface area contributed by atoms with Crippen LogP contribution in [0.3, 0.4) is 0 Å². The maximum Gasteiger partial charge on any atom is 0.416 e. The van der Waals surface area contributed by atoms with Gasteiger partial charge in [-0.15, -0.1) is 0 Å². The third-order valence-electron chi connectivity index (χ3n) is 3.65. The second-order valence-electron chi connectivity index (χ2n) is 5.36. The second-order valence-corrected chi connectivity index (χ2v) is 5.36. The topological polar surface area (TPSA) is 41.1 Å². The van der Waals surface area contributed by atoms with Crippen molar-refractivity contribution in [3.8, 4) is 0 Å².